The fourth-order valence-corrected chi connectivity index (χ4v) is 2.10. The van der Waals surface area contributed by atoms with Crippen LogP contribution in [-0.2, 0) is 15.8 Å². The fourth-order valence-electron chi connectivity index (χ4n) is 1.28. The van der Waals surface area contributed by atoms with Gasteiger partial charge in [-0.1, -0.05) is 30.3 Å². The van der Waals surface area contributed by atoms with Crippen LogP contribution in [-0.4, -0.2) is 8.32 Å². The summed E-state index contributed by atoms with van der Waals surface area (Å²) < 4.78 is 11.7. The van der Waals surface area contributed by atoms with Crippen molar-refractivity contribution in [3.8, 4) is 0 Å². The topological polar surface area (TPSA) is 18.5 Å². The first-order valence-corrected chi connectivity index (χ1v) is 9.32. The lowest BCUT2D eigenvalue weighted by atomic mass is 10.2. The van der Waals surface area contributed by atoms with Gasteiger partial charge in [-0.15, -0.1) is 0 Å². The molecule has 17 heavy (non-hydrogen) atoms. The van der Waals surface area contributed by atoms with Crippen molar-refractivity contribution in [2.24, 2.45) is 0 Å². The maximum absolute atomic E-state index is 5.92. The molecule has 0 saturated carbocycles. The van der Waals surface area contributed by atoms with Gasteiger partial charge in [-0.3, -0.25) is 0 Å². The monoisotopic (exact) mass is 250 g/mol. The summed E-state index contributed by atoms with van der Waals surface area (Å²) in [6, 6.07) is 10.1. The molecular weight excluding hydrogens is 228 g/mol. The first-order chi connectivity index (χ1) is 7.88. The van der Waals surface area contributed by atoms with Gasteiger partial charge < -0.3 is 9.16 Å². The van der Waals surface area contributed by atoms with Crippen LogP contribution in [0.3, 0.4) is 0 Å². The highest BCUT2D eigenvalue weighted by Crippen LogP contribution is 2.17. The number of allylic oxidation sites excluding steroid dienone is 1. The first kappa shape index (κ1) is 13.8. The quantitative estimate of drug-likeness (QED) is 0.573. The molecule has 1 rings (SSSR count). The molecule has 0 N–H and O–H groups in total. The standard InChI is InChI=1S/C14H22O2Si/c1-12(2)14(16-17(3,4)5)15-11-13-9-7-6-8-10-13/h6-10H,11H2,1-5H3. The third kappa shape index (κ3) is 5.59. The zero-order valence-corrected chi connectivity index (χ0v) is 12.4. The van der Waals surface area contributed by atoms with Crippen LogP contribution in [0.2, 0.25) is 19.6 Å². The molecule has 0 amide bonds. The van der Waals surface area contributed by atoms with Gasteiger partial charge in [-0.25, -0.2) is 0 Å². The van der Waals surface area contributed by atoms with Gasteiger partial charge in [0.2, 0.25) is 8.32 Å². The molecule has 0 unspecified atom stereocenters. The second kappa shape index (κ2) is 5.91. The molecule has 0 radical (unpaired) electrons. The van der Waals surface area contributed by atoms with Gasteiger partial charge in [0.05, 0.1) is 0 Å². The van der Waals surface area contributed by atoms with E-state index in [9.17, 15) is 0 Å². The summed E-state index contributed by atoms with van der Waals surface area (Å²) in [5.41, 5.74) is 2.24. The molecule has 94 valence electrons. The molecule has 0 atom stereocenters. The minimum Gasteiger partial charge on any atom is -0.520 e. The third-order valence-electron chi connectivity index (χ3n) is 2.02. The van der Waals surface area contributed by atoms with E-state index in [1.165, 1.54) is 0 Å². The van der Waals surface area contributed by atoms with Gasteiger partial charge >= 0.3 is 0 Å². The van der Waals surface area contributed by atoms with Crippen molar-refractivity contribution >= 4 is 8.32 Å². The maximum atomic E-state index is 5.92. The van der Waals surface area contributed by atoms with E-state index in [2.05, 4.69) is 31.8 Å². The molecule has 0 aliphatic heterocycles. The lowest BCUT2D eigenvalue weighted by Gasteiger charge is -2.23. The minimum atomic E-state index is -1.60. The van der Waals surface area contributed by atoms with Crippen LogP contribution in [0, 0.1) is 0 Å². The Hall–Kier alpha value is -1.22. The Morgan fingerprint density at radius 3 is 2.12 bits per heavy atom. The highest BCUT2D eigenvalue weighted by molar-refractivity contribution is 6.70. The van der Waals surface area contributed by atoms with Gasteiger partial charge in [0.15, 0.2) is 0 Å². The molecule has 0 aromatic heterocycles. The van der Waals surface area contributed by atoms with Crippen LogP contribution < -0.4 is 0 Å². The summed E-state index contributed by atoms with van der Waals surface area (Å²) in [6.07, 6.45) is 0. The van der Waals surface area contributed by atoms with Crippen LogP contribution in [0.25, 0.3) is 0 Å². The van der Waals surface area contributed by atoms with Crippen LogP contribution in [0.5, 0.6) is 0 Å². The molecule has 3 heteroatoms. The van der Waals surface area contributed by atoms with Crippen molar-refractivity contribution in [1.82, 2.24) is 0 Å². The zero-order chi connectivity index (χ0) is 12.9. The van der Waals surface area contributed by atoms with Gasteiger partial charge in [0, 0.05) is 5.57 Å². The fraction of sp³-hybridized carbons (Fsp3) is 0.429. The Kier molecular flexibility index (Phi) is 4.81. The third-order valence-corrected chi connectivity index (χ3v) is 2.82. The summed E-state index contributed by atoms with van der Waals surface area (Å²) in [7, 11) is -1.60. The van der Waals surface area contributed by atoms with Crippen LogP contribution in [0.1, 0.15) is 19.4 Å². The van der Waals surface area contributed by atoms with E-state index in [4.69, 9.17) is 9.16 Å². The van der Waals surface area contributed by atoms with Crippen molar-refractivity contribution in [3.63, 3.8) is 0 Å². The zero-order valence-electron chi connectivity index (χ0n) is 11.4. The average molecular weight is 250 g/mol. The van der Waals surface area contributed by atoms with E-state index in [0.717, 1.165) is 11.1 Å². The Balaban J connectivity index is 2.61. The van der Waals surface area contributed by atoms with E-state index >= 15 is 0 Å². The molecule has 0 aliphatic rings. The Morgan fingerprint density at radius 1 is 1.06 bits per heavy atom. The van der Waals surface area contributed by atoms with Gasteiger partial charge in [-0.2, -0.15) is 0 Å². The first-order valence-electron chi connectivity index (χ1n) is 5.92. The van der Waals surface area contributed by atoms with E-state index in [-0.39, 0.29) is 0 Å². The molecule has 0 bridgehead atoms. The van der Waals surface area contributed by atoms with Crippen molar-refractivity contribution in [3.05, 3.63) is 47.4 Å². The number of benzene rings is 1. The smallest absolute Gasteiger partial charge is 0.264 e. The van der Waals surface area contributed by atoms with E-state index in [0.29, 0.717) is 12.6 Å². The van der Waals surface area contributed by atoms with Crippen LogP contribution >= 0.6 is 0 Å². The number of ether oxygens (including phenoxy) is 1. The van der Waals surface area contributed by atoms with Crippen LogP contribution in [0.4, 0.5) is 0 Å². The summed E-state index contributed by atoms with van der Waals surface area (Å²) in [4.78, 5) is 0. The molecule has 0 aliphatic carbocycles. The second-order valence-corrected chi connectivity index (χ2v) is 9.71. The molecule has 1 aromatic carbocycles. The second-order valence-electron chi connectivity index (χ2n) is 5.28. The van der Waals surface area contributed by atoms with Crippen molar-refractivity contribution in [1.29, 1.82) is 0 Å². The SMILES string of the molecule is CC(C)=C(OCc1ccccc1)O[Si](C)(C)C. The molecule has 0 fully saturated rings. The Morgan fingerprint density at radius 2 is 1.65 bits per heavy atom. The molecule has 2 nitrogen and oxygen atoms in total. The molecule has 1 aromatic rings. The summed E-state index contributed by atoms with van der Waals surface area (Å²) >= 11 is 0. The Bertz CT molecular complexity index is 373. The summed E-state index contributed by atoms with van der Waals surface area (Å²) in [6.45, 7) is 11.1. The van der Waals surface area contributed by atoms with Gasteiger partial charge in [0.25, 0.3) is 5.95 Å². The molecule has 0 saturated heterocycles. The minimum absolute atomic E-state index is 0.561. The maximum Gasteiger partial charge on any atom is 0.264 e. The largest absolute Gasteiger partial charge is 0.520 e. The van der Waals surface area contributed by atoms with E-state index in [1.54, 1.807) is 0 Å². The van der Waals surface area contributed by atoms with Crippen molar-refractivity contribution in [2.45, 2.75) is 40.1 Å². The number of hydrogen-bond donors (Lipinski definition) is 0. The average Bonchev–Trinajstić information content (AvgIpc) is 2.24. The number of rotatable bonds is 5. The molecule has 0 heterocycles. The van der Waals surface area contributed by atoms with E-state index in [1.807, 2.05) is 32.0 Å². The Labute approximate surface area is 105 Å². The molecule has 0 spiro atoms. The predicted molar refractivity (Wildman–Crippen MR) is 74.0 cm³/mol. The highest BCUT2D eigenvalue weighted by Gasteiger charge is 2.19. The van der Waals surface area contributed by atoms with Crippen molar-refractivity contribution < 1.29 is 9.16 Å². The normalized spacial score (nSPS) is 10.9. The highest BCUT2D eigenvalue weighted by atomic mass is 28.4. The van der Waals surface area contributed by atoms with Crippen LogP contribution in [0.15, 0.2) is 41.9 Å². The lowest BCUT2D eigenvalue weighted by Crippen LogP contribution is -2.26. The number of hydrogen-bond acceptors (Lipinski definition) is 2. The summed E-state index contributed by atoms with van der Waals surface area (Å²) in [5, 5.41) is 0. The predicted octanol–water partition coefficient (Wildman–Crippen LogP) is 4.31. The van der Waals surface area contributed by atoms with Crippen molar-refractivity contribution in [2.75, 3.05) is 0 Å². The van der Waals surface area contributed by atoms with Gasteiger partial charge in [-0.05, 0) is 39.1 Å². The summed E-state index contributed by atoms with van der Waals surface area (Å²) in [5.74, 6) is 0.688. The van der Waals surface area contributed by atoms with E-state index < -0.39 is 8.32 Å². The van der Waals surface area contributed by atoms with Gasteiger partial charge in [0.1, 0.15) is 6.61 Å². The lowest BCUT2D eigenvalue weighted by molar-refractivity contribution is 0.0879. The molecular formula is C14H22O2Si.